The largest absolute Gasteiger partial charge is 0.459 e. The topological polar surface area (TPSA) is 68.5 Å². The van der Waals surface area contributed by atoms with Gasteiger partial charge in [-0.25, -0.2) is 9.50 Å². The number of nitrogens with one attached hydrogen (secondary N) is 1. The molecule has 31 heavy (non-hydrogen) atoms. The zero-order valence-corrected chi connectivity index (χ0v) is 15.9. The lowest BCUT2D eigenvalue weighted by molar-refractivity contribution is -0.291. The third kappa shape index (κ3) is 4.50. The Morgan fingerprint density at radius 3 is 2.42 bits per heavy atom. The Morgan fingerprint density at radius 2 is 1.84 bits per heavy atom. The zero-order valence-electron chi connectivity index (χ0n) is 15.1. The van der Waals surface area contributed by atoms with Crippen LogP contribution in [0.5, 0.6) is 5.75 Å². The molecular weight excluding hydrogens is 461 g/mol. The molecule has 1 amide bonds. The van der Waals surface area contributed by atoms with Crippen molar-refractivity contribution in [1.29, 1.82) is 0 Å². The molecule has 6 nitrogen and oxygen atoms in total. The molecule has 0 aliphatic carbocycles. The highest BCUT2D eigenvalue weighted by molar-refractivity contribution is 6.32. The monoisotopic (exact) mass is 470 g/mol. The van der Waals surface area contributed by atoms with Crippen molar-refractivity contribution >= 4 is 28.8 Å². The highest BCUT2D eigenvalue weighted by Gasteiger charge is 2.60. The van der Waals surface area contributed by atoms with Crippen molar-refractivity contribution < 1.29 is 40.3 Å². The molecule has 0 aliphatic rings. The number of rotatable bonds is 5. The molecule has 2 heterocycles. The molecule has 0 aliphatic heterocycles. The Hall–Kier alpha value is -3.09. The van der Waals surface area contributed by atoms with Gasteiger partial charge in [0.2, 0.25) is 0 Å². The number of anilines is 1. The first-order valence-corrected chi connectivity index (χ1v) is 8.55. The van der Waals surface area contributed by atoms with Crippen LogP contribution >= 0.6 is 11.6 Å². The van der Waals surface area contributed by atoms with Crippen molar-refractivity contribution in [3.8, 4) is 5.75 Å². The summed E-state index contributed by atoms with van der Waals surface area (Å²) in [4.78, 5) is 16.2. The number of halogens is 8. The van der Waals surface area contributed by atoms with Gasteiger partial charge in [0.15, 0.2) is 11.3 Å². The summed E-state index contributed by atoms with van der Waals surface area (Å²) in [6.45, 7) is -1.93. The fraction of sp³-hybridized carbons (Fsp3) is 0.235. The molecule has 14 heteroatoms. The van der Waals surface area contributed by atoms with Crippen molar-refractivity contribution in [3.05, 3.63) is 52.4 Å². The number of hydrogen-bond donors (Lipinski definition) is 1. The van der Waals surface area contributed by atoms with Gasteiger partial charge < -0.3 is 10.1 Å². The Bertz CT molecular complexity index is 1150. The summed E-state index contributed by atoms with van der Waals surface area (Å²) >= 11 is 5.77. The molecular formula is C17H10ClF7N4O2. The molecule has 0 unspecified atom stereocenters. The summed E-state index contributed by atoms with van der Waals surface area (Å²) in [6, 6.07) is 4.69. The maximum absolute atomic E-state index is 13.9. The molecule has 1 aromatic carbocycles. The van der Waals surface area contributed by atoms with Crippen LogP contribution in [0, 0.1) is 6.92 Å². The molecule has 3 aromatic rings. The number of ether oxygens (including phenoxy) is 1. The van der Waals surface area contributed by atoms with Crippen molar-refractivity contribution in [1.82, 2.24) is 14.6 Å². The van der Waals surface area contributed by atoms with E-state index in [2.05, 4.69) is 20.1 Å². The Kier molecular flexibility index (Phi) is 5.74. The van der Waals surface area contributed by atoms with Crippen LogP contribution in [0.15, 0.2) is 30.3 Å². The Labute approximate surface area is 173 Å². The van der Waals surface area contributed by atoms with Crippen molar-refractivity contribution in [2.45, 2.75) is 25.6 Å². The summed E-state index contributed by atoms with van der Waals surface area (Å²) in [6.07, 6.45) is -5.90. The van der Waals surface area contributed by atoms with Crippen LogP contribution in [0.2, 0.25) is 5.02 Å². The third-order valence-electron chi connectivity index (χ3n) is 3.87. The predicted octanol–water partition coefficient (Wildman–Crippen LogP) is 5.20. The van der Waals surface area contributed by atoms with Crippen LogP contribution in [-0.2, 0) is 5.92 Å². The van der Waals surface area contributed by atoms with Crippen molar-refractivity contribution in [3.63, 3.8) is 0 Å². The number of amides is 1. The fourth-order valence-corrected chi connectivity index (χ4v) is 2.77. The minimum Gasteiger partial charge on any atom is -0.433 e. The van der Waals surface area contributed by atoms with E-state index in [9.17, 15) is 35.5 Å². The van der Waals surface area contributed by atoms with E-state index in [4.69, 9.17) is 11.6 Å². The Morgan fingerprint density at radius 1 is 1.16 bits per heavy atom. The molecule has 0 saturated carbocycles. The highest BCUT2D eigenvalue weighted by Crippen LogP contribution is 2.43. The minimum atomic E-state index is -5.90. The number of aryl methyl sites for hydroxylation is 1. The molecule has 3 rings (SSSR count). The first-order valence-electron chi connectivity index (χ1n) is 8.18. The van der Waals surface area contributed by atoms with Crippen molar-refractivity contribution in [2.24, 2.45) is 0 Å². The number of carbonyl (C=O) groups excluding carboxylic acids is 1. The molecule has 2 aromatic heterocycles. The average molecular weight is 471 g/mol. The molecule has 0 radical (unpaired) electrons. The van der Waals surface area contributed by atoms with E-state index in [-0.39, 0.29) is 26.7 Å². The number of carbonyl (C=O) groups is 1. The molecule has 0 atom stereocenters. The fourth-order valence-electron chi connectivity index (χ4n) is 2.55. The highest BCUT2D eigenvalue weighted by atomic mass is 35.5. The summed E-state index contributed by atoms with van der Waals surface area (Å²) in [5.74, 6) is -6.61. The first-order chi connectivity index (χ1) is 14.3. The van der Waals surface area contributed by atoms with Gasteiger partial charge in [-0.15, -0.1) is 0 Å². The standard InChI is InChI=1S/C17H10ClF7N4O2/c1-7-4-12(16(21,22)17(23,24)25)29-13(26-7)6-10(28-29)14(30)27-8-2-3-11(9(18)5-8)31-15(19)20/h2-6,15H,1H3,(H,27,30). The summed E-state index contributed by atoms with van der Waals surface area (Å²) in [5, 5.41) is 5.51. The lowest BCUT2D eigenvalue weighted by atomic mass is 10.2. The molecule has 0 fully saturated rings. The van der Waals surface area contributed by atoms with Gasteiger partial charge in [-0.1, -0.05) is 11.6 Å². The predicted molar refractivity (Wildman–Crippen MR) is 93.7 cm³/mol. The summed E-state index contributed by atoms with van der Waals surface area (Å²) in [5.41, 5.74) is -2.61. The van der Waals surface area contributed by atoms with Crippen LogP contribution in [0.25, 0.3) is 5.65 Å². The van der Waals surface area contributed by atoms with Crippen LogP contribution in [0.3, 0.4) is 0 Å². The van der Waals surface area contributed by atoms with Gasteiger partial charge >= 0.3 is 18.7 Å². The van der Waals surface area contributed by atoms with Gasteiger partial charge in [0.25, 0.3) is 5.91 Å². The normalized spacial score (nSPS) is 12.5. The van der Waals surface area contributed by atoms with E-state index in [0.717, 1.165) is 24.3 Å². The third-order valence-corrected chi connectivity index (χ3v) is 4.17. The number of alkyl halides is 7. The number of hydrogen-bond acceptors (Lipinski definition) is 4. The molecule has 0 saturated heterocycles. The molecule has 0 spiro atoms. The summed E-state index contributed by atoms with van der Waals surface area (Å²) < 4.78 is 95.2. The average Bonchev–Trinajstić information content (AvgIpc) is 3.06. The van der Waals surface area contributed by atoms with Crippen molar-refractivity contribution in [2.75, 3.05) is 5.32 Å². The van der Waals surface area contributed by atoms with E-state index >= 15 is 0 Å². The van der Waals surface area contributed by atoms with E-state index in [1.807, 2.05) is 0 Å². The second-order valence-electron chi connectivity index (χ2n) is 6.13. The smallest absolute Gasteiger partial charge is 0.433 e. The number of nitrogens with zero attached hydrogens (tertiary/aromatic N) is 3. The lowest BCUT2D eigenvalue weighted by Crippen LogP contribution is -2.36. The van der Waals surface area contributed by atoms with Crippen LogP contribution in [0.1, 0.15) is 21.9 Å². The maximum Gasteiger partial charge on any atom is 0.459 e. The van der Waals surface area contributed by atoms with Crippen LogP contribution < -0.4 is 10.1 Å². The second-order valence-corrected chi connectivity index (χ2v) is 6.54. The number of fused-ring (bicyclic) bond motifs is 1. The van der Waals surface area contributed by atoms with E-state index in [0.29, 0.717) is 6.07 Å². The zero-order chi connectivity index (χ0) is 23.1. The van der Waals surface area contributed by atoms with Gasteiger partial charge in [-0.3, -0.25) is 4.79 Å². The molecule has 1 N–H and O–H groups in total. The van der Waals surface area contributed by atoms with E-state index < -0.39 is 41.7 Å². The van der Waals surface area contributed by atoms with Gasteiger partial charge in [-0.05, 0) is 31.2 Å². The summed E-state index contributed by atoms with van der Waals surface area (Å²) in [7, 11) is 0. The van der Waals surface area contributed by atoms with E-state index in [1.165, 1.54) is 6.92 Å². The minimum absolute atomic E-state index is 0.00124. The van der Waals surface area contributed by atoms with E-state index in [1.54, 1.807) is 0 Å². The molecule has 0 bridgehead atoms. The lowest BCUT2D eigenvalue weighted by Gasteiger charge is -2.20. The molecule has 166 valence electrons. The maximum atomic E-state index is 13.9. The van der Waals surface area contributed by atoms with Gasteiger partial charge in [0.05, 0.1) is 5.02 Å². The van der Waals surface area contributed by atoms with Gasteiger partial charge in [-0.2, -0.15) is 35.8 Å². The van der Waals surface area contributed by atoms with Gasteiger partial charge in [0, 0.05) is 17.4 Å². The quantitative estimate of drug-likeness (QED) is 0.521. The van der Waals surface area contributed by atoms with Gasteiger partial charge in [0.1, 0.15) is 11.4 Å². The number of aromatic nitrogens is 3. The first kappa shape index (κ1) is 22.6. The van der Waals surface area contributed by atoms with Crippen LogP contribution in [-0.4, -0.2) is 33.3 Å². The SMILES string of the molecule is Cc1cc(C(F)(F)C(F)(F)F)n2nc(C(=O)Nc3ccc(OC(F)F)c(Cl)c3)cc2n1. The number of benzene rings is 1. The Balaban J connectivity index is 1.94. The van der Waals surface area contributed by atoms with Crippen LogP contribution in [0.4, 0.5) is 36.4 Å². The second kappa shape index (κ2) is 7.87.